The number of hydrogen-bond acceptors (Lipinski definition) is 3. The molecule has 80 valence electrons. The standard InChI is InChI=1S/C10H16O3S/c1-9(2)7-4-5-10(9,8(11)6-7)14(3,12)13/h7H,4-6H2,1-3H3/t7-,10-/m0/s1. The molecule has 3 nitrogen and oxygen atoms in total. The molecule has 2 aliphatic carbocycles. The summed E-state index contributed by atoms with van der Waals surface area (Å²) in [6.45, 7) is 3.85. The van der Waals surface area contributed by atoms with Crippen molar-refractivity contribution in [1.29, 1.82) is 0 Å². The molecule has 0 unspecified atom stereocenters. The molecule has 0 spiro atoms. The minimum Gasteiger partial charge on any atom is -0.298 e. The summed E-state index contributed by atoms with van der Waals surface area (Å²) in [6.07, 6.45) is 3.08. The summed E-state index contributed by atoms with van der Waals surface area (Å²) in [5.41, 5.74) is -0.363. The Kier molecular flexibility index (Phi) is 1.74. The van der Waals surface area contributed by atoms with Crippen LogP contribution in [0.5, 0.6) is 0 Å². The summed E-state index contributed by atoms with van der Waals surface area (Å²) in [6, 6.07) is 0. The maximum absolute atomic E-state index is 11.8. The van der Waals surface area contributed by atoms with E-state index in [9.17, 15) is 13.2 Å². The van der Waals surface area contributed by atoms with Gasteiger partial charge in [-0.3, -0.25) is 4.79 Å². The second kappa shape index (κ2) is 2.40. The Morgan fingerprint density at radius 3 is 2.14 bits per heavy atom. The highest BCUT2D eigenvalue weighted by atomic mass is 32.2. The minimum absolute atomic E-state index is 0.0544. The van der Waals surface area contributed by atoms with Crippen molar-refractivity contribution in [2.45, 2.75) is 37.9 Å². The van der Waals surface area contributed by atoms with Gasteiger partial charge in [-0.05, 0) is 24.2 Å². The van der Waals surface area contributed by atoms with Crippen molar-refractivity contribution in [3.05, 3.63) is 0 Å². The van der Waals surface area contributed by atoms with Gasteiger partial charge in [-0.2, -0.15) is 0 Å². The lowest BCUT2D eigenvalue weighted by Gasteiger charge is -2.34. The third-order valence-electron chi connectivity index (χ3n) is 4.42. The van der Waals surface area contributed by atoms with Gasteiger partial charge in [-0.1, -0.05) is 13.8 Å². The maximum Gasteiger partial charge on any atom is 0.160 e. The third-order valence-corrected chi connectivity index (χ3v) is 6.65. The second-order valence-electron chi connectivity index (χ2n) is 5.18. The molecular weight excluding hydrogens is 200 g/mol. The van der Waals surface area contributed by atoms with Crippen LogP contribution >= 0.6 is 0 Å². The van der Waals surface area contributed by atoms with Crippen LogP contribution in [0, 0.1) is 11.3 Å². The van der Waals surface area contributed by atoms with Gasteiger partial charge in [0.1, 0.15) is 4.75 Å². The van der Waals surface area contributed by atoms with Crippen LogP contribution in [0.25, 0.3) is 0 Å². The molecule has 0 saturated heterocycles. The molecule has 2 atom stereocenters. The molecule has 2 aliphatic rings. The van der Waals surface area contributed by atoms with Gasteiger partial charge in [-0.25, -0.2) is 8.42 Å². The van der Waals surface area contributed by atoms with Crippen molar-refractivity contribution in [1.82, 2.24) is 0 Å². The molecule has 0 aromatic rings. The van der Waals surface area contributed by atoms with E-state index in [-0.39, 0.29) is 17.1 Å². The molecule has 4 heteroatoms. The van der Waals surface area contributed by atoms with E-state index in [2.05, 4.69) is 0 Å². The molecule has 0 aromatic carbocycles. The number of rotatable bonds is 1. The van der Waals surface area contributed by atoms with Gasteiger partial charge in [0, 0.05) is 12.7 Å². The van der Waals surface area contributed by atoms with E-state index in [1.165, 1.54) is 6.26 Å². The van der Waals surface area contributed by atoms with E-state index in [1.807, 2.05) is 13.8 Å². The van der Waals surface area contributed by atoms with E-state index in [4.69, 9.17) is 0 Å². The first-order valence-corrected chi connectivity index (χ1v) is 6.85. The molecule has 14 heavy (non-hydrogen) atoms. The highest BCUT2D eigenvalue weighted by molar-refractivity contribution is 7.93. The molecule has 2 fully saturated rings. The average molecular weight is 216 g/mol. The first-order valence-electron chi connectivity index (χ1n) is 4.96. The summed E-state index contributed by atoms with van der Waals surface area (Å²) in [5.74, 6) is 0.214. The minimum atomic E-state index is -3.28. The Hall–Kier alpha value is -0.380. The molecule has 0 heterocycles. The zero-order valence-corrected chi connectivity index (χ0v) is 9.65. The first kappa shape index (κ1) is 10.1. The summed E-state index contributed by atoms with van der Waals surface area (Å²) in [4.78, 5) is 11.8. The van der Waals surface area contributed by atoms with Gasteiger partial charge < -0.3 is 0 Å². The van der Waals surface area contributed by atoms with Crippen LogP contribution < -0.4 is 0 Å². The molecule has 0 aromatic heterocycles. The van der Waals surface area contributed by atoms with Crippen LogP contribution in [-0.2, 0) is 14.6 Å². The summed E-state index contributed by atoms with van der Waals surface area (Å²) >= 11 is 0. The van der Waals surface area contributed by atoms with Gasteiger partial charge in [0.15, 0.2) is 15.6 Å². The third kappa shape index (κ3) is 0.835. The van der Waals surface area contributed by atoms with E-state index >= 15 is 0 Å². The van der Waals surface area contributed by atoms with E-state index in [1.54, 1.807) is 0 Å². The number of sulfone groups is 1. The predicted molar refractivity (Wildman–Crippen MR) is 53.7 cm³/mol. The number of ketones is 1. The van der Waals surface area contributed by atoms with Crippen LogP contribution in [0.2, 0.25) is 0 Å². The fraction of sp³-hybridized carbons (Fsp3) is 0.900. The second-order valence-corrected chi connectivity index (χ2v) is 7.43. The molecular formula is C10H16O3S. The van der Waals surface area contributed by atoms with E-state index in [0.717, 1.165) is 6.42 Å². The number of Topliss-reactive ketones (excluding diaryl/α,β-unsaturated/α-hetero) is 1. The monoisotopic (exact) mass is 216 g/mol. The molecule has 2 saturated carbocycles. The van der Waals surface area contributed by atoms with Crippen LogP contribution in [0.3, 0.4) is 0 Å². The van der Waals surface area contributed by atoms with Crippen LogP contribution in [0.15, 0.2) is 0 Å². The van der Waals surface area contributed by atoms with Gasteiger partial charge in [-0.15, -0.1) is 0 Å². The lowest BCUT2D eigenvalue weighted by atomic mass is 9.81. The van der Waals surface area contributed by atoms with Crippen molar-refractivity contribution in [2.75, 3.05) is 6.26 Å². The smallest absolute Gasteiger partial charge is 0.160 e. The molecule has 0 amide bonds. The fourth-order valence-electron chi connectivity index (χ4n) is 3.50. The van der Waals surface area contributed by atoms with Gasteiger partial charge in [0.2, 0.25) is 0 Å². The Morgan fingerprint density at radius 2 is 1.93 bits per heavy atom. The normalized spacial score (nSPS) is 40.5. The molecule has 0 aliphatic heterocycles. The fourth-order valence-corrected chi connectivity index (χ4v) is 5.61. The van der Waals surface area contributed by atoms with Crippen molar-refractivity contribution in [3.8, 4) is 0 Å². The first-order chi connectivity index (χ1) is 6.23. The van der Waals surface area contributed by atoms with Gasteiger partial charge in [0.25, 0.3) is 0 Å². The topological polar surface area (TPSA) is 51.2 Å². The van der Waals surface area contributed by atoms with Gasteiger partial charge >= 0.3 is 0 Å². The number of carbonyl (C=O) groups is 1. The Balaban J connectivity index is 2.68. The summed E-state index contributed by atoms with van der Waals surface area (Å²) < 4.78 is 22.6. The predicted octanol–water partition coefficient (Wildman–Crippen LogP) is 1.18. The lowest BCUT2D eigenvalue weighted by Crippen LogP contribution is -2.49. The van der Waals surface area contributed by atoms with Crippen LogP contribution in [-0.4, -0.2) is 25.2 Å². The zero-order chi connectivity index (χ0) is 10.8. The zero-order valence-electron chi connectivity index (χ0n) is 8.83. The summed E-state index contributed by atoms with van der Waals surface area (Å²) in [5, 5.41) is 0. The van der Waals surface area contributed by atoms with Crippen molar-refractivity contribution in [3.63, 3.8) is 0 Å². The molecule has 0 radical (unpaired) electrons. The molecule has 0 N–H and O–H groups in total. The van der Waals surface area contributed by atoms with Crippen LogP contribution in [0.4, 0.5) is 0 Å². The van der Waals surface area contributed by atoms with Crippen molar-refractivity contribution >= 4 is 15.6 Å². The Morgan fingerprint density at radius 1 is 1.36 bits per heavy atom. The van der Waals surface area contributed by atoms with E-state index in [0.29, 0.717) is 12.8 Å². The summed E-state index contributed by atoms with van der Waals surface area (Å²) in [7, 11) is -3.28. The SMILES string of the molecule is CC1(C)[C@H]2CC[C@]1(S(C)(=O)=O)C(=O)C2. The van der Waals surface area contributed by atoms with Crippen molar-refractivity contribution in [2.24, 2.45) is 11.3 Å². The highest BCUT2D eigenvalue weighted by Gasteiger charge is 2.69. The number of carbonyl (C=O) groups excluding carboxylic acids is 1. The Labute approximate surface area is 84.8 Å². The number of fused-ring (bicyclic) bond motifs is 2. The average Bonchev–Trinajstić information content (AvgIpc) is 2.34. The number of hydrogen-bond donors (Lipinski definition) is 0. The van der Waals surface area contributed by atoms with E-state index < -0.39 is 14.6 Å². The van der Waals surface area contributed by atoms with Gasteiger partial charge in [0.05, 0.1) is 0 Å². The lowest BCUT2D eigenvalue weighted by molar-refractivity contribution is -0.121. The quantitative estimate of drug-likeness (QED) is 0.661. The maximum atomic E-state index is 11.8. The largest absolute Gasteiger partial charge is 0.298 e. The van der Waals surface area contributed by atoms with Crippen molar-refractivity contribution < 1.29 is 13.2 Å². The molecule has 2 rings (SSSR count). The van der Waals surface area contributed by atoms with Crippen LogP contribution in [0.1, 0.15) is 33.1 Å². The highest BCUT2D eigenvalue weighted by Crippen LogP contribution is 2.61. The Bertz CT molecular complexity index is 394. The molecule has 2 bridgehead atoms.